The van der Waals surface area contributed by atoms with Crippen molar-refractivity contribution in [2.45, 2.75) is 33.2 Å². The van der Waals surface area contributed by atoms with Gasteiger partial charge in [0.05, 0.1) is 6.20 Å². The van der Waals surface area contributed by atoms with E-state index in [4.69, 9.17) is 16.3 Å². The fraction of sp³-hybridized carbons (Fsp3) is 0.312. The standard InChI is InChI=1S/C16H19ClN4O3/c1-3-4-7-21-9-14(20-16(21)24-10-22)19-15(23)18-13-6-5-12(17)8-11(13)2/h5-6,8-10H,3-4,7H2,1-2H3,(H2,18,19,23). The number of hydrogen-bond donors (Lipinski definition) is 2. The van der Waals surface area contributed by atoms with Gasteiger partial charge < -0.3 is 10.1 Å². The van der Waals surface area contributed by atoms with Crippen LogP contribution in [0.2, 0.25) is 5.02 Å². The van der Waals surface area contributed by atoms with Gasteiger partial charge in [-0.15, -0.1) is 0 Å². The zero-order valence-electron chi connectivity index (χ0n) is 13.5. The van der Waals surface area contributed by atoms with Crippen LogP contribution < -0.4 is 15.4 Å². The Labute approximate surface area is 145 Å². The highest BCUT2D eigenvalue weighted by molar-refractivity contribution is 6.30. The first-order chi connectivity index (χ1) is 11.5. The molecule has 0 bridgehead atoms. The number of rotatable bonds is 7. The Morgan fingerprint density at radius 2 is 2.21 bits per heavy atom. The number of ether oxygens (including phenoxy) is 1. The minimum absolute atomic E-state index is 0.149. The Morgan fingerprint density at radius 1 is 1.42 bits per heavy atom. The van der Waals surface area contributed by atoms with E-state index in [-0.39, 0.29) is 6.01 Å². The summed E-state index contributed by atoms with van der Waals surface area (Å²) in [5, 5.41) is 5.94. The summed E-state index contributed by atoms with van der Waals surface area (Å²) >= 11 is 5.89. The van der Waals surface area contributed by atoms with E-state index in [9.17, 15) is 9.59 Å². The molecule has 0 saturated carbocycles. The van der Waals surface area contributed by atoms with Crippen molar-refractivity contribution >= 4 is 35.6 Å². The molecule has 0 aliphatic carbocycles. The summed E-state index contributed by atoms with van der Waals surface area (Å²) in [4.78, 5) is 26.7. The second-order valence-electron chi connectivity index (χ2n) is 5.21. The molecule has 1 heterocycles. The number of amides is 2. The van der Waals surface area contributed by atoms with Gasteiger partial charge in [0.2, 0.25) is 0 Å². The molecule has 2 N–H and O–H groups in total. The molecule has 0 saturated heterocycles. The molecule has 0 spiro atoms. The summed E-state index contributed by atoms with van der Waals surface area (Å²) in [6.07, 6.45) is 3.52. The van der Waals surface area contributed by atoms with Crippen molar-refractivity contribution in [2.75, 3.05) is 10.6 Å². The van der Waals surface area contributed by atoms with Crippen LogP contribution in [-0.4, -0.2) is 22.1 Å². The molecule has 2 amide bonds. The molecule has 24 heavy (non-hydrogen) atoms. The number of unbranched alkanes of at least 4 members (excludes halogenated alkanes) is 1. The van der Waals surface area contributed by atoms with Crippen molar-refractivity contribution in [3.8, 4) is 6.01 Å². The largest absolute Gasteiger partial charge is 0.394 e. The highest BCUT2D eigenvalue weighted by Gasteiger charge is 2.12. The lowest BCUT2D eigenvalue weighted by Gasteiger charge is -2.08. The summed E-state index contributed by atoms with van der Waals surface area (Å²) < 4.78 is 6.51. The van der Waals surface area contributed by atoms with Gasteiger partial charge in [-0.05, 0) is 37.1 Å². The van der Waals surface area contributed by atoms with Gasteiger partial charge in [0, 0.05) is 17.3 Å². The van der Waals surface area contributed by atoms with Gasteiger partial charge >= 0.3 is 18.5 Å². The molecule has 128 valence electrons. The molecule has 0 fully saturated rings. The Morgan fingerprint density at radius 3 is 2.88 bits per heavy atom. The number of anilines is 2. The van der Waals surface area contributed by atoms with Crippen molar-refractivity contribution in [1.29, 1.82) is 0 Å². The van der Waals surface area contributed by atoms with E-state index in [0.29, 0.717) is 29.5 Å². The van der Waals surface area contributed by atoms with Gasteiger partial charge in [0.1, 0.15) is 0 Å². The molecule has 0 aliphatic rings. The second-order valence-corrected chi connectivity index (χ2v) is 5.64. The highest BCUT2D eigenvalue weighted by atomic mass is 35.5. The summed E-state index contributed by atoms with van der Waals surface area (Å²) in [5.74, 6) is 0.298. The molecule has 2 aromatic rings. The first-order valence-corrected chi connectivity index (χ1v) is 7.93. The Bertz CT molecular complexity index is 730. The lowest BCUT2D eigenvalue weighted by molar-refractivity contribution is -0.121. The average Bonchev–Trinajstić information content (AvgIpc) is 2.90. The number of imidazole rings is 1. The van der Waals surface area contributed by atoms with Gasteiger partial charge in [0.25, 0.3) is 0 Å². The molecule has 7 nitrogen and oxygen atoms in total. The van der Waals surface area contributed by atoms with E-state index in [2.05, 4.69) is 22.5 Å². The number of carbonyl (C=O) groups excluding carboxylic acids is 2. The number of hydrogen-bond acceptors (Lipinski definition) is 4. The number of nitrogens with one attached hydrogen (secondary N) is 2. The lowest BCUT2D eigenvalue weighted by Crippen LogP contribution is -2.20. The molecule has 2 rings (SSSR count). The number of aryl methyl sites for hydroxylation is 2. The maximum atomic E-state index is 12.1. The third-order valence-corrected chi connectivity index (χ3v) is 3.56. The van der Waals surface area contributed by atoms with Crippen LogP contribution >= 0.6 is 11.6 Å². The summed E-state index contributed by atoms with van der Waals surface area (Å²) in [5.41, 5.74) is 1.49. The van der Waals surface area contributed by atoms with E-state index < -0.39 is 6.03 Å². The minimum Gasteiger partial charge on any atom is -0.394 e. The van der Waals surface area contributed by atoms with Gasteiger partial charge in [0.15, 0.2) is 5.82 Å². The van der Waals surface area contributed by atoms with E-state index in [0.717, 1.165) is 18.4 Å². The molecule has 0 radical (unpaired) electrons. The number of benzene rings is 1. The summed E-state index contributed by atoms with van der Waals surface area (Å²) in [6.45, 7) is 4.85. The number of halogens is 1. The monoisotopic (exact) mass is 350 g/mol. The Hall–Kier alpha value is -2.54. The quantitative estimate of drug-likeness (QED) is 0.743. The van der Waals surface area contributed by atoms with E-state index in [1.165, 1.54) is 0 Å². The second kappa shape index (κ2) is 8.35. The molecule has 0 atom stereocenters. The fourth-order valence-corrected chi connectivity index (χ4v) is 2.35. The fourth-order valence-electron chi connectivity index (χ4n) is 2.12. The molecular formula is C16H19ClN4O3. The molecule has 1 aromatic carbocycles. The number of urea groups is 1. The van der Waals surface area contributed by atoms with E-state index in [1.807, 2.05) is 6.92 Å². The molecular weight excluding hydrogens is 332 g/mol. The highest BCUT2D eigenvalue weighted by Crippen LogP contribution is 2.20. The van der Waals surface area contributed by atoms with Gasteiger partial charge in [-0.1, -0.05) is 24.9 Å². The Kier molecular flexibility index (Phi) is 6.20. The van der Waals surface area contributed by atoms with Gasteiger partial charge in [-0.3, -0.25) is 14.7 Å². The van der Waals surface area contributed by atoms with Crippen LogP contribution in [0.3, 0.4) is 0 Å². The van der Waals surface area contributed by atoms with E-state index in [1.54, 1.807) is 29.0 Å². The number of aromatic nitrogens is 2. The van der Waals surface area contributed by atoms with E-state index >= 15 is 0 Å². The predicted octanol–water partition coefficient (Wildman–Crippen LogP) is 3.82. The Balaban J connectivity index is 2.06. The van der Waals surface area contributed by atoms with Crippen LogP contribution in [0, 0.1) is 6.92 Å². The topological polar surface area (TPSA) is 85.2 Å². The molecule has 0 unspecified atom stereocenters. The third kappa shape index (κ3) is 4.73. The smallest absolute Gasteiger partial charge is 0.324 e. The number of nitrogens with zero attached hydrogens (tertiary/aromatic N) is 2. The maximum absolute atomic E-state index is 12.1. The van der Waals surface area contributed by atoms with Crippen LogP contribution in [0.25, 0.3) is 0 Å². The van der Waals surface area contributed by atoms with Crippen LogP contribution in [0.4, 0.5) is 16.3 Å². The first-order valence-electron chi connectivity index (χ1n) is 7.55. The van der Waals surface area contributed by atoms with Crippen molar-refractivity contribution < 1.29 is 14.3 Å². The lowest BCUT2D eigenvalue weighted by atomic mass is 10.2. The average molecular weight is 351 g/mol. The zero-order chi connectivity index (χ0) is 17.5. The zero-order valence-corrected chi connectivity index (χ0v) is 14.3. The van der Waals surface area contributed by atoms with Crippen molar-refractivity contribution in [3.05, 3.63) is 35.0 Å². The van der Waals surface area contributed by atoms with Gasteiger partial charge in [-0.25, -0.2) is 4.79 Å². The van der Waals surface area contributed by atoms with Gasteiger partial charge in [-0.2, -0.15) is 4.98 Å². The van der Waals surface area contributed by atoms with Crippen LogP contribution in [-0.2, 0) is 11.3 Å². The van der Waals surface area contributed by atoms with Crippen LogP contribution in [0.5, 0.6) is 6.01 Å². The third-order valence-electron chi connectivity index (χ3n) is 3.32. The summed E-state index contributed by atoms with van der Waals surface area (Å²) in [7, 11) is 0. The first kappa shape index (κ1) is 17.8. The minimum atomic E-state index is -0.446. The van der Waals surface area contributed by atoms with Crippen LogP contribution in [0.1, 0.15) is 25.3 Å². The number of carbonyl (C=O) groups is 2. The van der Waals surface area contributed by atoms with Crippen molar-refractivity contribution in [1.82, 2.24) is 9.55 Å². The normalized spacial score (nSPS) is 10.3. The molecule has 1 aromatic heterocycles. The van der Waals surface area contributed by atoms with Crippen molar-refractivity contribution in [3.63, 3.8) is 0 Å². The van der Waals surface area contributed by atoms with Crippen LogP contribution in [0.15, 0.2) is 24.4 Å². The maximum Gasteiger partial charge on any atom is 0.324 e. The van der Waals surface area contributed by atoms with Crippen molar-refractivity contribution in [2.24, 2.45) is 0 Å². The molecule has 0 aliphatic heterocycles. The summed E-state index contributed by atoms with van der Waals surface area (Å²) in [6, 6.07) is 4.87. The predicted molar refractivity (Wildman–Crippen MR) is 92.7 cm³/mol. The molecule has 8 heteroatoms. The SMILES string of the molecule is CCCCn1cc(NC(=O)Nc2ccc(Cl)cc2C)nc1OC=O.